The molecule has 0 fully saturated rings. The lowest BCUT2D eigenvalue weighted by atomic mass is 9.87. The highest BCUT2D eigenvalue weighted by atomic mass is 16.6. The van der Waals surface area contributed by atoms with Crippen molar-refractivity contribution in [2.45, 2.75) is 64.9 Å². The highest BCUT2D eigenvalue weighted by molar-refractivity contribution is 5.54. The third-order valence-corrected chi connectivity index (χ3v) is 5.41. The van der Waals surface area contributed by atoms with E-state index in [4.69, 9.17) is 20.6 Å². The number of hydrogen-bond donors (Lipinski definition) is 1. The van der Waals surface area contributed by atoms with Crippen LogP contribution in [0.25, 0.3) is 0 Å². The molecule has 0 spiro atoms. The summed E-state index contributed by atoms with van der Waals surface area (Å²) in [6.45, 7) is 9.96. The van der Waals surface area contributed by atoms with Crippen LogP contribution < -0.4 is 10.1 Å². The van der Waals surface area contributed by atoms with Crippen LogP contribution in [0.1, 0.15) is 56.4 Å². The Morgan fingerprint density at radius 1 is 1.13 bits per heavy atom. The second kappa shape index (κ2) is 10.0. The Morgan fingerprint density at radius 3 is 2.60 bits per heavy atom. The number of ether oxygens (including phenoxy) is 3. The molecule has 2 unspecified atom stereocenters. The third kappa shape index (κ3) is 5.36. The summed E-state index contributed by atoms with van der Waals surface area (Å²) >= 11 is 0. The minimum absolute atomic E-state index is 0.228. The monoisotopic (exact) mass is 407 g/mol. The average molecular weight is 408 g/mol. The summed E-state index contributed by atoms with van der Waals surface area (Å²) in [7, 11) is 0. The molecule has 160 valence electrons. The number of nitrogens with one attached hydrogen (secondary N) is 1. The van der Waals surface area contributed by atoms with Crippen LogP contribution in [0.5, 0.6) is 5.75 Å². The lowest BCUT2D eigenvalue weighted by Gasteiger charge is -2.44. The van der Waals surface area contributed by atoms with Crippen LogP contribution in [0.3, 0.4) is 0 Å². The van der Waals surface area contributed by atoms with Crippen molar-refractivity contribution >= 4 is 5.69 Å². The molecule has 0 amide bonds. The quantitative estimate of drug-likeness (QED) is 0.430. The highest BCUT2D eigenvalue weighted by Crippen LogP contribution is 2.44. The normalized spacial score (nSPS) is 19.4. The van der Waals surface area contributed by atoms with E-state index in [-0.39, 0.29) is 18.8 Å². The van der Waals surface area contributed by atoms with E-state index in [2.05, 4.69) is 61.5 Å². The molecule has 1 N–H and O–H groups in total. The van der Waals surface area contributed by atoms with Gasteiger partial charge in [0.05, 0.1) is 0 Å². The first-order chi connectivity index (χ1) is 14.4. The molecule has 2 aromatic carbocycles. The Bertz CT molecular complexity index is 867. The first-order valence-corrected chi connectivity index (χ1v) is 10.7. The van der Waals surface area contributed by atoms with Crippen molar-refractivity contribution in [2.24, 2.45) is 0 Å². The van der Waals surface area contributed by atoms with E-state index in [0.29, 0.717) is 6.61 Å². The van der Waals surface area contributed by atoms with E-state index < -0.39 is 5.60 Å². The molecule has 2 atom stereocenters. The summed E-state index contributed by atoms with van der Waals surface area (Å²) in [5.74, 6) is 3.41. The van der Waals surface area contributed by atoms with E-state index in [0.717, 1.165) is 36.4 Å². The van der Waals surface area contributed by atoms with Gasteiger partial charge in [-0.15, -0.1) is 6.42 Å². The highest BCUT2D eigenvalue weighted by Gasteiger charge is 2.45. The van der Waals surface area contributed by atoms with E-state index >= 15 is 0 Å². The van der Waals surface area contributed by atoms with Gasteiger partial charge in [-0.05, 0) is 51.0 Å². The second-order valence-electron chi connectivity index (χ2n) is 8.38. The van der Waals surface area contributed by atoms with Crippen LogP contribution in [0.15, 0.2) is 42.5 Å². The largest absolute Gasteiger partial charge is 0.485 e. The van der Waals surface area contributed by atoms with Crippen molar-refractivity contribution in [1.29, 1.82) is 0 Å². The lowest BCUT2D eigenvalue weighted by molar-refractivity contribution is -0.156. The molecular weight excluding hydrogens is 374 g/mol. The molecule has 0 saturated carbocycles. The number of terminal acetylenes is 1. The summed E-state index contributed by atoms with van der Waals surface area (Å²) < 4.78 is 18.6. The zero-order valence-electron chi connectivity index (χ0n) is 18.5. The fourth-order valence-electron chi connectivity index (χ4n) is 3.71. The molecule has 2 aromatic rings. The zero-order chi connectivity index (χ0) is 21.6. The van der Waals surface area contributed by atoms with E-state index in [9.17, 15) is 0 Å². The van der Waals surface area contributed by atoms with Crippen LogP contribution in [-0.2, 0) is 16.0 Å². The molecule has 0 radical (unpaired) electrons. The number of fused-ring (bicyclic) bond motifs is 1. The summed E-state index contributed by atoms with van der Waals surface area (Å²) in [6.07, 6.45) is 7.02. The van der Waals surface area contributed by atoms with Gasteiger partial charge in [-0.1, -0.05) is 49.1 Å². The number of unbranched alkanes of at least 4 members (excludes halogenated alkanes) is 1. The molecule has 1 aliphatic heterocycles. The van der Waals surface area contributed by atoms with Gasteiger partial charge in [-0.2, -0.15) is 0 Å². The van der Waals surface area contributed by atoms with Crippen molar-refractivity contribution in [3.63, 3.8) is 0 Å². The molecule has 30 heavy (non-hydrogen) atoms. The van der Waals surface area contributed by atoms with Crippen LogP contribution in [0.4, 0.5) is 5.69 Å². The number of hydrogen-bond acceptors (Lipinski definition) is 4. The number of aryl methyl sites for hydroxylation is 1. The molecule has 0 aromatic heterocycles. The predicted molar refractivity (Wildman–Crippen MR) is 122 cm³/mol. The van der Waals surface area contributed by atoms with Gasteiger partial charge < -0.3 is 19.5 Å². The minimum Gasteiger partial charge on any atom is -0.485 e. The van der Waals surface area contributed by atoms with Crippen LogP contribution >= 0.6 is 0 Å². The van der Waals surface area contributed by atoms with Crippen molar-refractivity contribution < 1.29 is 14.2 Å². The van der Waals surface area contributed by atoms with Gasteiger partial charge in [0, 0.05) is 24.4 Å². The van der Waals surface area contributed by atoms with Gasteiger partial charge >= 0.3 is 0 Å². The van der Waals surface area contributed by atoms with Crippen LogP contribution in [0, 0.1) is 19.3 Å². The standard InChI is InChI=1S/C26H33NO3/c1-6-8-16-28-24-22-17-21(27-18-20-11-9-19(3)10-12-20)13-14-23(22)30-26(4,5)25(24)29-15-7-2/h2,9-14,17,24-25,27H,6,8,15-16,18H2,1,3-5H3. The lowest BCUT2D eigenvalue weighted by Crippen LogP contribution is -2.51. The van der Waals surface area contributed by atoms with Crippen molar-refractivity contribution in [1.82, 2.24) is 0 Å². The second-order valence-corrected chi connectivity index (χ2v) is 8.38. The van der Waals surface area contributed by atoms with Crippen molar-refractivity contribution in [3.8, 4) is 18.1 Å². The summed E-state index contributed by atoms with van der Waals surface area (Å²) in [4.78, 5) is 0. The molecule has 3 rings (SSSR count). The van der Waals surface area contributed by atoms with Gasteiger partial charge in [0.15, 0.2) is 0 Å². The molecule has 4 heteroatoms. The maximum Gasteiger partial charge on any atom is 0.132 e. The SMILES string of the molecule is C#CCOC1C(OCCCC)c2cc(NCc3ccc(C)cc3)ccc2OC1(C)C. The first-order valence-electron chi connectivity index (χ1n) is 10.7. The van der Waals surface area contributed by atoms with Crippen LogP contribution in [0.2, 0.25) is 0 Å². The minimum atomic E-state index is -0.544. The maximum atomic E-state index is 6.32. The third-order valence-electron chi connectivity index (χ3n) is 5.41. The molecule has 1 aliphatic rings. The predicted octanol–water partition coefficient (Wildman–Crippen LogP) is 5.65. The topological polar surface area (TPSA) is 39.7 Å². The van der Waals surface area contributed by atoms with E-state index in [1.165, 1.54) is 11.1 Å². The fraction of sp³-hybridized carbons (Fsp3) is 0.462. The average Bonchev–Trinajstić information content (AvgIpc) is 2.72. The van der Waals surface area contributed by atoms with E-state index in [1.807, 2.05) is 19.9 Å². The first kappa shape index (κ1) is 22.2. The maximum absolute atomic E-state index is 6.32. The van der Waals surface area contributed by atoms with Gasteiger partial charge in [0.2, 0.25) is 0 Å². The van der Waals surface area contributed by atoms with E-state index in [1.54, 1.807) is 0 Å². The number of anilines is 1. The summed E-state index contributed by atoms with van der Waals surface area (Å²) in [6, 6.07) is 14.7. The van der Waals surface area contributed by atoms with Crippen molar-refractivity contribution in [2.75, 3.05) is 18.5 Å². The smallest absolute Gasteiger partial charge is 0.132 e. The number of rotatable bonds is 9. The Kier molecular flexibility index (Phi) is 7.42. The Morgan fingerprint density at radius 2 is 1.90 bits per heavy atom. The fourth-order valence-corrected chi connectivity index (χ4v) is 3.71. The Labute approximate surface area is 180 Å². The molecule has 4 nitrogen and oxygen atoms in total. The number of benzene rings is 2. The van der Waals surface area contributed by atoms with Crippen molar-refractivity contribution in [3.05, 3.63) is 59.2 Å². The van der Waals surface area contributed by atoms with Gasteiger partial charge in [0.1, 0.15) is 30.2 Å². The molecule has 1 heterocycles. The van der Waals surface area contributed by atoms with Gasteiger partial charge in [-0.3, -0.25) is 0 Å². The van der Waals surface area contributed by atoms with Gasteiger partial charge in [-0.25, -0.2) is 0 Å². The molecule has 0 aliphatic carbocycles. The Hall–Kier alpha value is -2.48. The molecule has 0 bridgehead atoms. The molecular formula is C26H33NO3. The Balaban J connectivity index is 1.84. The van der Waals surface area contributed by atoms with Crippen LogP contribution in [-0.4, -0.2) is 24.9 Å². The summed E-state index contributed by atoms with van der Waals surface area (Å²) in [5, 5.41) is 3.51. The van der Waals surface area contributed by atoms with Gasteiger partial charge in [0.25, 0.3) is 0 Å². The molecule has 0 saturated heterocycles. The summed E-state index contributed by atoms with van der Waals surface area (Å²) in [5.41, 5.74) is 3.98. The zero-order valence-corrected chi connectivity index (χ0v) is 18.5.